The smallest absolute Gasteiger partial charge is 0.246 e. The number of carbonyl (C=O) groups is 1. The van der Waals surface area contributed by atoms with Gasteiger partial charge in [0.1, 0.15) is 11.8 Å². The Morgan fingerprint density at radius 2 is 1.70 bits per heavy atom. The van der Waals surface area contributed by atoms with E-state index >= 15 is 0 Å². The molecule has 2 N–H and O–H groups in total. The monoisotopic (exact) mass is 464 g/mol. The third-order valence-corrected chi connectivity index (χ3v) is 6.41. The zero-order valence-electron chi connectivity index (χ0n) is 16.3. The number of amides is 1. The first-order valence-corrected chi connectivity index (χ1v) is 10.6. The number of nitrogens with one attached hydrogen (secondary N) is 2. The van der Waals surface area contributed by atoms with Crippen LogP contribution in [0.3, 0.4) is 0 Å². The average Bonchev–Trinajstić information content (AvgIpc) is 3.34. The number of hydrogen-bond acceptors (Lipinski definition) is 5. The SMILES string of the molecule is COc1ccc(C2NNC3C(=O)N(c4ccc(Br)cc4)C(c4ccccn4)C32)cc1. The van der Waals surface area contributed by atoms with Crippen LogP contribution in [0, 0.1) is 5.92 Å². The van der Waals surface area contributed by atoms with Crippen LogP contribution in [0.25, 0.3) is 0 Å². The molecule has 5 rings (SSSR count). The lowest BCUT2D eigenvalue weighted by Gasteiger charge is -2.30. The number of nitrogens with zero attached hydrogens (tertiary/aromatic N) is 2. The molecule has 30 heavy (non-hydrogen) atoms. The van der Waals surface area contributed by atoms with Crippen molar-refractivity contribution in [3.05, 3.63) is 88.7 Å². The van der Waals surface area contributed by atoms with E-state index in [1.54, 1.807) is 13.3 Å². The van der Waals surface area contributed by atoms with Crippen molar-refractivity contribution in [2.24, 2.45) is 5.92 Å². The van der Waals surface area contributed by atoms with Gasteiger partial charge in [-0.25, -0.2) is 10.9 Å². The minimum Gasteiger partial charge on any atom is -0.497 e. The first-order valence-electron chi connectivity index (χ1n) is 9.82. The number of hydrazine groups is 1. The molecule has 3 aromatic rings. The Balaban J connectivity index is 1.59. The Labute approximate surface area is 183 Å². The summed E-state index contributed by atoms with van der Waals surface area (Å²) in [5.41, 5.74) is 9.44. The van der Waals surface area contributed by atoms with Gasteiger partial charge in [-0.15, -0.1) is 0 Å². The molecule has 0 radical (unpaired) electrons. The molecule has 2 saturated heterocycles. The molecule has 0 spiro atoms. The van der Waals surface area contributed by atoms with Crippen molar-refractivity contribution in [1.29, 1.82) is 0 Å². The summed E-state index contributed by atoms with van der Waals surface area (Å²) >= 11 is 3.48. The van der Waals surface area contributed by atoms with Crippen LogP contribution in [-0.4, -0.2) is 24.0 Å². The minimum absolute atomic E-state index is 0.0237. The Morgan fingerprint density at radius 1 is 0.967 bits per heavy atom. The van der Waals surface area contributed by atoms with Gasteiger partial charge < -0.3 is 9.64 Å². The lowest BCUT2D eigenvalue weighted by Crippen LogP contribution is -2.41. The van der Waals surface area contributed by atoms with E-state index < -0.39 is 0 Å². The predicted molar refractivity (Wildman–Crippen MR) is 118 cm³/mol. The summed E-state index contributed by atoms with van der Waals surface area (Å²) < 4.78 is 6.27. The number of carbonyl (C=O) groups excluding carboxylic acids is 1. The summed E-state index contributed by atoms with van der Waals surface area (Å²) in [4.78, 5) is 20.0. The second kappa shape index (κ2) is 7.83. The molecule has 7 heteroatoms. The van der Waals surface area contributed by atoms with E-state index in [9.17, 15) is 4.79 Å². The maximum Gasteiger partial charge on any atom is 0.246 e. The van der Waals surface area contributed by atoms with Gasteiger partial charge in [0.25, 0.3) is 0 Å². The number of rotatable bonds is 4. The summed E-state index contributed by atoms with van der Waals surface area (Å²) in [6.07, 6.45) is 1.78. The summed E-state index contributed by atoms with van der Waals surface area (Å²) in [6, 6.07) is 21.1. The van der Waals surface area contributed by atoms with E-state index in [2.05, 4.69) is 31.8 Å². The van der Waals surface area contributed by atoms with E-state index in [1.807, 2.05) is 71.6 Å². The number of ether oxygens (including phenoxy) is 1. The molecule has 1 aromatic heterocycles. The third kappa shape index (κ3) is 3.19. The molecule has 0 bridgehead atoms. The van der Waals surface area contributed by atoms with Crippen LogP contribution >= 0.6 is 15.9 Å². The summed E-state index contributed by atoms with van der Waals surface area (Å²) in [5.74, 6) is 0.826. The molecule has 1 amide bonds. The maximum absolute atomic E-state index is 13.5. The molecular formula is C23H21BrN4O2. The highest BCUT2D eigenvalue weighted by Gasteiger charge is 2.56. The van der Waals surface area contributed by atoms with E-state index in [0.717, 1.165) is 27.2 Å². The van der Waals surface area contributed by atoms with Crippen molar-refractivity contribution in [1.82, 2.24) is 15.8 Å². The highest BCUT2D eigenvalue weighted by atomic mass is 79.9. The number of anilines is 1. The molecule has 6 nitrogen and oxygen atoms in total. The Kier molecular flexibility index (Phi) is 5.02. The van der Waals surface area contributed by atoms with Crippen LogP contribution in [0.5, 0.6) is 5.75 Å². The molecule has 152 valence electrons. The fraction of sp³-hybridized carbons (Fsp3) is 0.217. The number of aromatic nitrogens is 1. The lowest BCUT2D eigenvalue weighted by atomic mass is 9.85. The van der Waals surface area contributed by atoms with Crippen LogP contribution < -0.4 is 20.5 Å². The second-order valence-electron chi connectivity index (χ2n) is 7.48. The largest absolute Gasteiger partial charge is 0.497 e. The van der Waals surface area contributed by atoms with Gasteiger partial charge in [-0.2, -0.15) is 0 Å². The van der Waals surface area contributed by atoms with Gasteiger partial charge in [-0.05, 0) is 54.1 Å². The molecule has 2 aliphatic rings. The summed E-state index contributed by atoms with van der Waals surface area (Å²) in [6.45, 7) is 0. The molecule has 2 aromatic carbocycles. The topological polar surface area (TPSA) is 66.5 Å². The van der Waals surface area contributed by atoms with Crippen molar-refractivity contribution in [3.8, 4) is 5.75 Å². The molecule has 0 saturated carbocycles. The van der Waals surface area contributed by atoms with E-state index in [4.69, 9.17) is 4.74 Å². The zero-order valence-corrected chi connectivity index (χ0v) is 17.9. The molecule has 3 heterocycles. The Hall–Kier alpha value is -2.74. The average molecular weight is 465 g/mol. The van der Waals surface area contributed by atoms with Crippen molar-refractivity contribution in [2.45, 2.75) is 18.1 Å². The van der Waals surface area contributed by atoms with Crippen molar-refractivity contribution in [2.75, 3.05) is 12.0 Å². The van der Waals surface area contributed by atoms with Gasteiger partial charge in [0, 0.05) is 22.3 Å². The molecule has 0 aliphatic carbocycles. The van der Waals surface area contributed by atoms with Gasteiger partial charge in [-0.1, -0.05) is 34.1 Å². The van der Waals surface area contributed by atoms with Crippen molar-refractivity contribution in [3.63, 3.8) is 0 Å². The van der Waals surface area contributed by atoms with Crippen LogP contribution in [-0.2, 0) is 4.79 Å². The summed E-state index contributed by atoms with van der Waals surface area (Å²) in [5, 5.41) is 0. The van der Waals surface area contributed by atoms with E-state index in [0.29, 0.717) is 0 Å². The van der Waals surface area contributed by atoms with Crippen molar-refractivity contribution < 1.29 is 9.53 Å². The number of methoxy groups -OCH3 is 1. The first-order chi connectivity index (χ1) is 14.7. The van der Waals surface area contributed by atoms with Gasteiger partial charge in [0.2, 0.25) is 5.91 Å². The quantitative estimate of drug-likeness (QED) is 0.614. The van der Waals surface area contributed by atoms with E-state index in [-0.39, 0.29) is 30.0 Å². The number of fused-ring (bicyclic) bond motifs is 1. The molecular weight excluding hydrogens is 444 g/mol. The van der Waals surface area contributed by atoms with Crippen molar-refractivity contribution >= 4 is 27.5 Å². The molecule has 2 aliphatic heterocycles. The summed E-state index contributed by atoms with van der Waals surface area (Å²) in [7, 11) is 1.66. The number of benzene rings is 2. The Morgan fingerprint density at radius 3 is 2.37 bits per heavy atom. The van der Waals surface area contributed by atoms with Crippen LogP contribution in [0.1, 0.15) is 23.3 Å². The van der Waals surface area contributed by atoms with Gasteiger partial charge in [0.15, 0.2) is 0 Å². The molecule has 4 atom stereocenters. The van der Waals surface area contributed by atoms with Gasteiger partial charge in [0.05, 0.1) is 24.9 Å². The third-order valence-electron chi connectivity index (χ3n) is 5.88. The zero-order chi connectivity index (χ0) is 20.7. The first kappa shape index (κ1) is 19.2. The normalized spacial score (nSPS) is 25.4. The van der Waals surface area contributed by atoms with Gasteiger partial charge in [-0.3, -0.25) is 9.78 Å². The predicted octanol–water partition coefficient (Wildman–Crippen LogP) is 3.77. The van der Waals surface area contributed by atoms with Crippen LogP contribution in [0.4, 0.5) is 5.69 Å². The maximum atomic E-state index is 13.5. The number of halogens is 1. The Bertz CT molecular complexity index is 1040. The second-order valence-corrected chi connectivity index (χ2v) is 8.39. The fourth-order valence-electron chi connectivity index (χ4n) is 4.50. The lowest BCUT2D eigenvalue weighted by molar-refractivity contribution is -0.119. The van der Waals surface area contributed by atoms with E-state index in [1.165, 1.54) is 0 Å². The standard InChI is InChI=1S/C23H21BrN4O2/c1-30-17-11-5-14(6-12-17)20-19-21(27-26-20)23(29)28(16-9-7-15(24)8-10-16)22(19)18-4-2-3-13-25-18/h2-13,19-22,26-27H,1H3. The minimum atomic E-state index is -0.340. The molecule has 2 fully saturated rings. The number of hydrogen-bond donors (Lipinski definition) is 2. The highest BCUT2D eigenvalue weighted by Crippen LogP contribution is 2.48. The highest BCUT2D eigenvalue weighted by molar-refractivity contribution is 9.10. The molecule has 4 unspecified atom stereocenters. The van der Waals surface area contributed by atoms with Gasteiger partial charge >= 0.3 is 0 Å². The number of pyridine rings is 1. The van der Waals surface area contributed by atoms with Crippen LogP contribution in [0.15, 0.2) is 77.4 Å². The van der Waals surface area contributed by atoms with Crippen LogP contribution in [0.2, 0.25) is 0 Å². The fourth-order valence-corrected chi connectivity index (χ4v) is 4.77.